The van der Waals surface area contributed by atoms with Crippen molar-refractivity contribution in [3.63, 3.8) is 0 Å². The van der Waals surface area contributed by atoms with Gasteiger partial charge in [-0.3, -0.25) is 4.98 Å². The third kappa shape index (κ3) is 2.87. The van der Waals surface area contributed by atoms with Crippen LogP contribution in [0.5, 0.6) is 0 Å². The average Bonchev–Trinajstić information content (AvgIpc) is 2.28. The van der Waals surface area contributed by atoms with Gasteiger partial charge in [0.05, 0.1) is 5.60 Å². The highest BCUT2D eigenvalue weighted by Crippen LogP contribution is 2.26. The minimum Gasteiger partial charge on any atom is -0.479 e. The number of hydrogen-bond donors (Lipinski definition) is 3. The second-order valence-corrected chi connectivity index (χ2v) is 4.65. The van der Waals surface area contributed by atoms with Gasteiger partial charge in [0.1, 0.15) is 0 Å². The van der Waals surface area contributed by atoms with E-state index in [1.54, 1.807) is 12.1 Å². The van der Waals surface area contributed by atoms with Crippen molar-refractivity contribution in [2.45, 2.75) is 32.0 Å². The Kier molecular flexibility index (Phi) is 4.10. The molecule has 1 aromatic heterocycles. The zero-order valence-electron chi connectivity index (χ0n) is 10.5. The van der Waals surface area contributed by atoms with E-state index >= 15 is 0 Å². The molecule has 0 spiro atoms. The number of rotatable bonds is 5. The van der Waals surface area contributed by atoms with Crippen molar-refractivity contribution >= 4 is 18.6 Å². The molecule has 18 heavy (non-hydrogen) atoms. The van der Waals surface area contributed by atoms with Gasteiger partial charge in [-0.05, 0) is 26.8 Å². The number of carbonyl (C=O) groups is 1. The van der Waals surface area contributed by atoms with Gasteiger partial charge in [0.15, 0.2) is 5.60 Å². The van der Waals surface area contributed by atoms with Gasteiger partial charge in [-0.15, -0.1) is 0 Å². The van der Waals surface area contributed by atoms with Crippen molar-refractivity contribution in [1.29, 1.82) is 0 Å². The van der Waals surface area contributed by atoms with E-state index in [0.717, 1.165) is 0 Å². The number of nitrogens with zero attached hydrogens (tertiary/aromatic N) is 1. The quantitative estimate of drug-likeness (QED) is 0.606. The smallest absolute Gasteiger partial charge is 0.479 e. The van der Waals surface area contributed by atoms with Crippen LogP contribution in [0.4, 0.5) is 0 Å². The number of aromatic nitrogens is 1. The van der Waals surface area contributed by atoms with E-state index in [1.165, 1.54) is 33.2 Å². The third-order valence-corrected chi connectivity index (χ3v) is 2.89. The standard InChI is InChI=1S/C11H16BNO5/c1-10(2,16)11(3,9(14)15)18-12(17)8-5-4-6-13-7-8/h4-7,16-17H,1-3H3,(H,14,15). The fourth-order valence-corrected chi connectivity index (χ4v) is 1.27. The predicted molar refractivity (Wildman–Crippen MR) is 65.3 cm³/mol. The first kappa shape index (κ1) is 14.6. The van der Waals surface area contributed by atoms with E-state index in [4.69, 9.17) is 9.76 Å². The largest absolute Gasteiger partial charge is 0.493 e. The minimum absolute atomic E-state index is 0.314. The maximum Gasteiger partial charge on any atom is 0.493 e. The van der Waals surface area contributed by atoms with Crippen molar-refractivity contribution in [2.75, 3.05) is 0 Å². The fourth-order valence-electron chi connectivity index (χ4n) is 1.27. The Bertz CT molecular complexity index is 419. The summed E-state index contributed by atoms with van der Waals surface area (Å²) in [4.78, 5) is 15.0. The van der Waals surface area contributed by atoms with E-state index in [2.05, 4.69) is 4.98 Å². The van der Waals surface area contributed by atoms with E-state index in [1.807, 2.05) is 0 Å². The highest BCUT2D eigenvalue weighted by Gasteiger charge is 2.50. The Balaban J connectivity index is 2.97. The van der Waals surface area contributed by atoms with E-state index in [9.17, 15) is 14.9 Å². The Morgan fingerprint density at radius 2 is 2.06 bits per heavy atom. The summed E-state index contributed by atoms with van der Waals surface area (Å²) in [5.74, 6) is -1.36. The molecular formula is C11H16BNO5. The Morgan fingerprint density at radius 3 is 2.44 bits per heavy atom. The maximum atomic E-state index is 11.2. The highest BCUT2D eigenvalue weighted by molar-refractivity contribution is 6.60. The van der Waals surface area contributed by atoms with Crippen LogP contribution in [-0.4, -0.2) is 44.5 Å². The highest BCUT2D eigenvalue weighted by atomic mass is 16.6. The van der Waals surface area contributed by atoms with Crippen molar-refractivity contribution in [3.8, 4) is 0 Å². The molecule has 0 fully saturated rings. The van der Waals surface area contributed by atoms with Crippen molar-refractivity contribution in [3.05, 3.63) is 24.5 Å². The lowest BCUT2D eigenvalue weighted by Crippen LogP contribution is -2.59. The summed E-state index contributed by atoms with van der Waals surface area (Å²) >= 11 is 0. The lowest BCUT2D eigenvalue weighted by atomic mass is 9.77. The molecule has 1 rings (SSSR count). The van der Waals surface area contributed by atoms with Gasteiger partial charge in [-0.25, -0.2) is 4.79 Å². The first-order valence-corrected chi connectivity index (χ1v) is 5.40. The number of carboxylic acids is 1. The SMILES string of the molecule is CC(C)(O)C(C)(OB(O)c1cccnc1)C(=O)O. The lowest BCUT2D eigenvalue weighted by molar-refractivity contribution is -0.177. The first-order chi connectivity index (χ1) is 8.18. The second-order valence-electron chi connectivity index (χ2n) is 4.65. The molecule has 0 bridgehead atoms. The third-order valence-electron chi connectivity index (χ3n) is 2.89. The Labute approximate surface area is 105 Å². The van der Waals surface area contributed by atoms with Crippen LogP contribution in [0.25, 0.3) is 0 Å². The monoisotopic (exact) mass is 253 g/mol. The van der Waals surface area contributed by atoms with Gasteiger partial charge in [0, 0.05) is 17.9 Å². The average molecular weight is 253 g/mol. The van der Waals surface area contributed by atoms with Gasteiger partial charge < -0.3 is 19.9 Å². The van der Waals surface area contributed by atoms with Crippen LogP contribution in [0, 0.1) is 0 Å². The molecular weight excluding hydrogens is 237 g/mol. The summed E-state index contributed by atoms with van der Waals surface area (Å²) in [5, 5.41) is 28.9. The molecule has 0 aliphatic rings. The summed E-state index contributed by atoms with van der Waals surface area (Å²) in [5.41, 5.74) is -3.29. The zero-order chi connectivity index (χ0) is 14.0. The molecule has 0 saturated carbocycles. The first-order valence-electron chi connectivity index (χ1n) is 5.40. The topological polar surface area (TPSA) is 99.9 Å². The molecule has 0 aliphatic heterocycles. The molecule has 0 amide bonds. The van der Waals surface area contributed by atoms with Crippen LogP contribution in [0.15, 0.2) is 24.5 Å². The summed E-state index contributed by atoms with van der Waals surface area (Å²) in [6.07, 6.45) is 2.87. The van der Waals surface area contributed by atoms with E-state index in [0.29, 0.717) is 5.46 Å². The number of pyridine rings is 1. The molecule has 0 aromatic carbocycles. The lowest BCUT2D eigenvalue weighted by Gasteiger charge is -2.37. The Morgan fingerprint density at radius 1 is 1.44 bits per heavy atom. The molecule has 0 aliphatic carbocycles. The van der Waals surface area contributed by atoms with Crippen LogP contribution in [0.2, 0.25) is 0 Å². The molecule has 0 radical (unpaired) electrons. The number of aliphatic carboxylic acids is 1. The maximum absolute atomic E-state index is 11.2. The zero-order valence-corrected chi connectivity index (χ0v) is 10.5. The molecule has 98 valence electrons. The van der Waals surface area contributed by atoms with Gasteiger partial charge in [-0.2, -0.15) is 0 Å². The minimum atomic E-state index is -1.94. The van der Waals surface area contributed by atoms with Crippen LogP contribution in [-0.2, 0) is 9.45 Å². The van der Waals surface area contributed by atoms with Crippen molar-refractivity contribution < 1.29 is 24.7 Å². The molecule has 1 atom stereocenters. The summed E-state index contributed by atoms with van der Waals surface area (Å²) in [6.45, 7) is 3.81. The normalized spacial score (nSPS) is 14.9. The Hall–Kier alpha value is -1.44. The van der Waals surface area contributed by atoms with Gasteiger partial charge in [-0.1, -0.05) is 6.07 Å². The molecule has 1 unspecified atom stereocenters. The van der Waals surface area contributed by atoms with E-state index in [-0.39, 0.29) is 0 Å². The van der Waals surface area contributed by atoms with E-state index < -0.39 is 24.3 Å². The number of aliphatic hydroxyl groups is 1. The van der Waals surface area contributed by atoms with Gasteiger partial charge >= 0.3 is 13.1 Å². The van der Waals surface area contributed by atoms with Crippen LogP contribution >= 0.6 is 0 Å². The molecule has 1 aromatic rings. The van der Waals surface area contributed by atoms with Gasteiger partial charge in [0.2, 0.25) is 0 Å². The molecule has 1 heterocycles. The van der Waals surface area contributed by atoms with Gasteiger partial charge in [0.25, 0.3) is 0 Å². The number of carboxylic acid groups (broad SMARTS) is 1. The van der Waals surface area contributed by atoms with Crippen LogP contribution in [0.1, 0.15) is 20.8 Å². The summed E-state index contributed by atoms with van der Waals surface area (Å²) in [7, 11) is -1.48. The number of hydrogen-bond acceptors (Lipinski definition) is 5. The van der Waals surface area contributed by atoms with Crippen LogP contribution in [0.3, 0.4) is 0 Å². The molecule has 6 nitrogen and oxygen atoms in total. The van der Waals surface area contributed by atoms with Crippen molar-refractivity contribution in [1.82, 2.24) is 4.98 Å². The predicted octanol–water partition coefficient (Wildman–Crippen LogP) is -0.600. The summed E-state index contributed by atoms with van der Waals surface area (Å²) < 4.78 is 5.12. The molecule has 3 N–H and O–H groups in total. The second kappa shape index (κ2) is 5.05. The molecule has 0 saturated heterocycles. The van der Waals surface area contributed by atoms with Crippen LogP contribution < -0.4 is 5.46 Å². The summed E-state index contributed by atoms with van der Waals surface area (Å²) in [6, 6.07) is 3.13. The molecule has 7 heteroatoms. The fraction of sp³-hybridized carbons (Fsp3) is 0.455. The van der Waals surface area contributed by atoms with Crippen molar-refractivity contribution in [2.24, 2.45) is 0 Å².